The van der Waals surface area contributed by atoms with Crippen LogP contribution in [-0.2, 0) is 0 Å². The highest BCUT2D eigenvalue weighted by Gasteiger charge is 2.09. The molecule has 0 aliphatic rings. The molecule has 0 radical (unpaired) electrons. The average molecular weight is 284 g/mol. The van der Waals surface area contributed by atoms with Gasteiger partial charge in [-0.2, -0.15) is 0 Å². The van der Waals surface area contributed by atoms with Gasteiger partial charge < -0.3 is 4.98 Å². The van der Waals surface area contributed by atoms with Crippen molar-refractivity contribution in [3.05, 3.63) is 70.5 Å². The van der Waals surface area contributed by atoms with E-state index in [2.05, 4.69) is 15.0 Å². The van der Waals surface area contributed by atoms with E-state index in [1.807, 2.05) is 24.3 Å². The Morgan fingerprint density at radius 3 is 2.35 bits per heavy atom. The van der Waals surface area contributed by atoms with E-state index in [9.17, 15) is 4.79 Å². The van der Waals surface area contributed by atoms with Crippen molar-refractivity contribution >= 4 is 11.6 Å². The van der Waals surface area contributed by atoms with Gasteiger partial charge >= 0.3 is 5.69 Å². The van der Waals surface area contributed by atoms with Gasteiger partial charge in [-0.25, -0.2) is 9.78 Å². The molecule has 0 spiro atoms. The molecule has 0 aliphatic heterocycles. The van der Waals surface area contributed by atoms with E-state index in [4.69, 9.17) is 11.6 Å². The van der Waals surface area contributed by atoms with E-state index in [0.717, 1.165) is 22.4 Å². The van der Waals surface area contributed by atoms with E-state index in [1.54, 1.807) is 30.7 Å². The molecule has 0 amide bonds. The summed E-state index contributed by atoms with van der Waals surface area (Å²) in [6.45, 7) is 0. The minimum Gasteiger partial charge on any atom is -0.305 e. The van der Waals surface area contributed by atoms with Crippen LogP contribution < -0.4 is 5.69 Å². The van der Waals surface area contributed by atoms with Crippen LogP contribution in [0.4, 0.5) is 0 Å². The van der Waals surface area contributed by atoms with Crippen molar-refractivity contribution in [2.75, 3.05) is 0 Å². The Kier molecular flexibility index (Phi) is 3.31. The monoisotopic (exact) mass is 283 g/mol. The van der Waals surface area contributed by atoms with Crippen LogP contribution in [0.15, 0.2) is 59.8 Å². The van der Waals surface area contributed by atoms with Crippen LogP contribution in [0.5, 0.6) is 0 Å². The maximum absolute atomic E-state index is 11.5. The average Bonchev–Trinajstić information content (AvgIpc) is 2.49. The molecule has 3 aromatic rings. The van der Waals surface area contributed by atoms with Crippen LogP contribution >= 0.6 is 11.6 Å². The molecular weight excluding hydrogens is 274 g/mol. The Morgan fingerprint density at radius 1 is 0.950 bits per heavy atom. The summed E-state index contributed by atoms with van der Waals surface area (Å²) in [5, 5.41) is 0.664. The van der Waals surface area contributed by atoms with Crippen molar-refractivity contribution < 1.29 is 0 Å². The SMILES string of the molecule is O=c1ncc(-c2ccc(Cl)cc2)c(-c2ccncc2)[nH]1. The zero-order chi connectivity index (χ0) is 13.9. The van der Waals surface area contributed by atoms with E-state index >= 15 is 0 Å². The quantitative estimate of drug-likeness (QED) is 0.786. The van der Waals surface area contributed by atoms with E-state index in [1.165, 1.54) is 0 Å². The number of halogens is 1. The molecule has 0 saturated carbocycles. The number of nitrogens with zero attached hydrogens (tertiary/aromatic N) is 2. The number of benzene rings is 1. The number of aromatic nitrogens is 3. The maximum Gasteiger partial charge on any atom is 0.345 e. The highest BCUT2D eigenvalue weighted by molar-refractivity contribution is 6.30. The summed E-state index contributed by atoms with van der Waals surface area (Å²) in [4.78, 5) is 22.1. The molecule has 3 rings (SSSR count). The first-order chi connectivity index (χ1) is 9.74. The Labute approximate surface area is 120 Å². The van der Waals surface area contributed by atoms with Crippen molar-refractivity contribution in [2.24, 2.45) is 0 Å². The highest BCUT2D eigenvalue weighted by Crippen LogP contribution is 2.29. The minimum absolute atomic E-state index is 0.380. The van der Waals surface area contributed by atoms with Crippen LogP contribution in [0.2, 0.25) is 5.02 Å². The Morgan fingerprint density at radius 2 is 1.65 bits per heavy atom. The third-order valence-corrected chi connectivity index (χ3v) is 3.19. The summed E-state index contributed by atoms with van der Waals surface area (Å²) in [5.41, 5.74) is 2.99. The number of H-pyrrole nitrogens is 1. The van der Waals surface area contributed by atoms with Gasteiger partial charge in [0.15, 0.2) is 0 Å². The first-order valence-electron chi connectivity index (χ1n) is 6.00. The summed E-state index contributed by atoms with van der Waals surface area (Å²) in [6, 6.07) is 11.1. The molecular formula is C15H10ClN3O. The van der Waals surface area contributed by atoms with E-state index in [0.29, 0.717) is 5.02 Å². The summed E-state index contributed by atoms with van der Waals surface area (Å²) in [5.74, 6) is 0. The number of rotatable bonds is 2. The standard InChI is InChI=1S/C15H10ClN3O/c16-12-3-1-10(2-4-12)13-9-18-15(20)19-14(13)11-5-7-17-8-6-11/h1-9H,(H,18,19,20). The van der Waals surface area contributed by atoms with Crippen molar-refractivity contribution in [1.82, 2.24) is 15.0 Å². The van der Waals surface area contributed by atoms with Crippen molar-refractivity contribution in [3.63, 3.8) is 0 Å². The number of pyridine rings is 1. The number of hydrogen-bond acceptors (Lipinski definition) is 3. The fourth-order valence-electron chi connectivity index (χ4n) is 1.99. The van der Waals surface area contributed by atoms with Crippen LogP contribution in [-0.4, -0.2) is 15.0 Å². The fourth-order valence-corrected chi connectivity index (χ4v) is 2.11. The molecule has 5 heteroatoms. The third-order valence-electron chi connectivity index (χ3n) is 2.94. The first-order valence-corrected chi connectivity index (χ1v) is 6.37. The fraction of sp³-hybridized carbons (Fsp3) is 0. The molecule has 2 heterocycles. The lowest BCUT2D eigenvalue weighted by Crippen LogP contribution is -2.11. The van der Waals surface area contributed by atoms with Gasteiger partial charge in [0.05, 0.1) is 5.69 Å². The van der Waals surface area contributed by atoms with Crippen LogP contribution in [0.3, 0.4) is 0 Å². The summed E-state index contributed by atoms with van der Waals surface area (Å²) < 4.78 is 0. The molecule has 1 N–H and O–H groups in total. The zero-order valence-corrected chi connectivity index (χ0v) is 11.1. The number of nitrogens with one attached hydrogen (secondary N) is 1. The van der Waals surface area contributed by atoms with Gasteiger partial charge in [0.25, 0.3) is 0 Å². The summed E-state index contributed by atoms with van der Waals surface area (Å²) in [6.07, 6.45) is 4.93. The third kappa shape index (κ3) is 2.46. The van der Waals surface area contributed by atoms with Crippen LogP contribution in [0.25, 0.3) is 22.4 Å². The topological polar surface area (TPSA) is 58.6 Å². The van der Waals surface area contributed by atoms with Crippen LogP contribution in [0, 0.1) is 0 Å². The maximum atomic E-state index is 11.5. The van der Waals surface area contributed by atoms with Crippen molar-refractivity contribution in [3.8, 4) is 22.4 Å². The molecule has 4 nitrogen and oxygen atoms in total. The molecule has 1 aromatic carbocycles. The zero-order valence-electron chi connectivity index (χ0n) is 10.4. The number of hydrogen-bond donors (Lipinski definition) is 1. The molecule has 20 heavy (non-hydrogen) atoms. The van der Waals surface area contributed by atoms with Gasteiger partial charge in [-0.15, -0.1) is 0 Å². The second-order valence-electron chi connectivity index (χ2n) is 4.22. The normalized spacial score (nSPS) is 10.4. The van der Waals surface area contributed by atoms with Gasteiger partial charge in [-0.05, 0) is 29.8 Å². The van der Waals surface area contributed by atoms with Gasteiger partial charge in [0.2, 0.25) is 0 Å². The van der Waals surface area contributed by atoms with Crippen molar-refractivity contribution in [2.45, 2.75) is 0 Å². The predicted molar refractivity (Wildman–Crippen MR) is 78.5 cm³/mol. The highest BCUT2D eigenvalue weighted by atomic mass is 35.5. The Hall–Kier alpha value is -2.46. The molecule has 0 bridgehead atoms. The smallest absolute Gasteiger partial charge is 0.305 e. The molecule has 2 aromatic heterocycles. The molecule has 0 saturated heterocycles. The molecule has 0 fully saturated rings. The van der Waals surface area contributed by atoms with E-state index in [-0.39, 0.29) is 5.69 Å². The lowest BCUT2D eigenvalue weighted by Gasteiger charge is -2.08. The lowest BCUT2D eigenvalue weighted by atomic mass is 10.0. The van der Waals surface area contributed by atoms with Crippen molar-refractivity contribution in [1.29, 1.82) is 0 Å². The number of aromatic amines is 1. The van der Waals surface area contributed by atoms with Gasteiger partial charge in [0.1, 0.15) is 0 Å². The Bertz CT molecular complexity index is 782. The predicted octanol–water partition coefficient (Wildman–Crippen LogP) is 3.15. The van der Waals surface area contributed by atoms with Gasteiger partial charge in [-0.1, -0.05) is 23.7 Å². The molecule has 0 aliphatic carbocycles. The summed E-state index contributed by atoms with van der Waals surface area (Å²) >= 11 is 5.90. The second-order valence-corrected chi connectivity index (χ2v) is 4.66. The first kappa shape index (κ1) is 12.6. The molecule has 98 valence electrons. The summed E-state index contributed by atoms with van der Waals surface area (Å²) in [7, 11) is 0. The second kappa shape index (κ2) is 5.27. The van der Waals surface area contributed by atoms with Crippen LogP contribution in [0.1, 0.15) is 0 Å². The largest absolute Gasteiger partial charge is 0.345 e. The molecule has 0 unspecified atom stereocenters. The minimum atomic E-state index is -0.380. The van der Waals surface area contributed by atoms with Gasteiger partial charge in [0, 0.05) is 34.7 Å². The Balaban J connectivity index is 2.21. The molecule has 0 atom stereocenters. The lowest BCUT2D eigenvalue weighted by molar-refractivity contribution is 1.08. The van der Waals surface area contributed by atoms with E-state index < -0.39 is 0 Å². The van der Waals surface area contributed by atoms with Gasteiger partial charge in [-0.3, -0.25) is 4.98 Å².